The van der Waals surface area contributed by atoms with Crippen molar-refractivity contribution in [2.45, 2.75) is 44.9 Å². The smallest absolute Gasteiger partial charge is 0.312 e. The third-order valence-electron chi connectivity index (χ3n) is 3.15. The maximum Gasteiger partial charge on any atom is 0.312 e. The van der Waals surface area contributed by atoms with E-state index in [1.165, 1.54) is 38.2 Å². The number of ether oxygens (including phenoxy) is 1. The molecule has 1 aromatic rings. The molecule has 0 fully saturated rings. The molecule has 0 saturated heterocycles. The van der Waals surface area contributed by atoms with Crippen LogP contribution in [0.1, 0.15) is 44.9 Å². The highest BCUT2D eigenvalue weighted by Gasteiger charge is 2.15. The topological polar surface area (TPSA) is 52.4 Å². The van der Waals surface area contributed by atoms with Crippen molar-refractivity contribution < 1.29 is 9.66 Å². The van der Waals surface area contributed by atoms with Crippen molar-refractivity contribution in [1.29, 1.82) is 0 Å². The van der Waals surface area contributed by atoms with Crippen molar-refractivity contribution >= 4 is 33.2 Å². The van der Waals surface area contributed by atoms with E-state index in [0.717, 1.165) is 18.2 Å². The molecule has 0 spiro atoms. The van der Waals surface area contributed by atoms with Crippen molar-refractivity contribution in [1.82, 2.24) is 0 Å². The molecule has 21 heavy (non-hydrogen) atoms. The number of nitrogens with zero attached hydrogens (tertiary/aromatic N) is 1. The summed E-state index contributed by atoms with van der Waals surface area (Å²) in [5, 5.41) is 12.3. The van der Waals surface area contributed by atoms with E-state index >= 15 is 0 Å². The first-order valence-electron chi connectivity index (χ1n) is 7.28. The van der Waals surface area contributed by atoms with Gasteiger partial charge in [0.2, 0.25) is 0 Å². The number of hydrogen-bond donors (Lipinski definition) is 0. The van der Waals surface area contributed by atoms with Crippen LogP contribution >= 0.6 is 27.5 Å². The third kappa shape index (κ3) is 7.67. The highest BCUT2D eigenvalue weighted by molar-refractivity contribution is 9.09. The molecular formula is C15H21BrClNO3. The highest BCUT2D eigenvalue weighted by atomic mass is 79.9. The summed E-state index contributed by atoms with van der Waals surface area (Å²) < 4.78 is 5.49. The zero-order valence-electron chi connectivity index (χ0n) is 12.0. The molecule has 0 heterocycles. The second kappa shape index (κ2) is 10.9. The number of halogens is 2. The number of hydrogen-bond acceptors (Lipinski definition) is 3. The molecule has 0 aliphatic heterocycles. The summed E-state index contributed by atoms with van der Waals surface area (Å²) in [7, 11) is 0. The predicted octanol–water partition coefficient (Wildman–Crippen LogP) is 5.75. The average molecular weight is 379 g/mol. The number of benzene rings is 1. The van der Waals surface area contributed by atoms with E-state index in [1.54, 1.807) is 12.1 Å². The largest absolute Gasteiger partial charge is 0.487 e. The fraction of sp³-hybridized carbons (Fsp3) is 0.600. The summed E-state index contributed by atoms with van der Waals surface area (Å²) in [5.41, 5.74) is -0.0720. The highest BCUT2D eigenvalue weighted by Crippen LogP contribution is 2.30. The van der Waals surface area contributed by atoms with Crippen LogP contribution < -0.4 is 4.74 Å². The normalized spacial score (nSPS) is 10.6. The van der Waals surface area contributed by atoms with Gasteiger partial charge in [0.1, 0.15) is 0 Å². The average Bonchev–Trinajstić information content (AvgIpc) is 2.46. The molecule has 0 atom stereocenters. The lowest BCUT2D eigenvalue weighted by Gasteiger charge is -2.07. The van der Waals surface area contributed by atoms with Crippen LogP contribution in [-0.2, 0) is 0 Å². The summed E-state index contributed by atoms with van der Waals surface area (Å²) in [6.45, 7) is 0.504. The molecule has 118 valence electrons. The van der Waals surface area contributed by atoms with Crippen LogP contribution in [0, 0.1) is 10.1 Å². The van der Waals surface area contributed by atoms with Crippen LogP contribution in [0.2, 0.25) is 5.02 Å². The van der Waals surface area contributed by atoms with Crippen LogP contribution in [-0.4, -0.2) is 16.9 Å². The Morgan fingerprint density at radius 2 is 1.71 bits per heavy atom. The molecule has 0 saturated carbocycles. The number of alkyl halides is 1. The van der Waals surface area contributed by atoms with Crippen molar-refractivity contribution in [3.63, 3.8) is 0 Å². The lowest BCUT2D eigenvalue weighted by Crippen LogP contribution is -2.00. The number of nitro benzene ring substituents is 1. The standard InChI is InChI=1S/C15H21BrClNO3/c16-10-6-4-2-1-3-5-7-11-21-15-9-8-13(17)12-14(15)18(19)20/h8-9,12H,1-7,10-11H2. The molecule has 0 radical (unpaired) electrons. The maximum absolute atomic E-state index is 10.9. The Bertz CT molecular complexity index is 443. The second-order valence-electron chi connectivity index (χ2n) is 4.88. The Balaban J connectivity index is 2.20. The van der Waals surface area contributed by atoms with Crippen LogP contribution in [0.25, 0.3) is 0 Å². The van der Waals surface area contributed by atoms with Crippen molar-refractivity contribution in [3.8, 4) is 5.75 Å². The molecule has 0 aliphatic rings. The van der Waals surface area contributed by atoms with Crippen molar-refractivity contribution in [3.05, 3.63) is 33.3 Å². The van der Waals surface area contributed by atoms with E-state index in [0.29, 0.717) is 17.4 Å². The monoisotopic (exact) mass is 377 g/mol. The van der Waals surface area contributed by atoms with Gasteiger partial charge in [-0.2, -0.15) is 0 Å². The SMILES string of the molecule is O=[N+]([O-])c1cc(Cl)ccc1OCCCCCCCCCBr. The zero-order chi connectivity index (χ0) is 15.5. The Morgan fingerprint density at radius 3 is 2.33 bits per heavy atom. The van der Waals surface area contributed by atoms with Gasteiger partial charge in [0, 0.05) is 16.4 Å². The molecule has 0 aromatic heterocycles. The first-order valence-corrected chi connectivity index (χ1v) is 8.78. The molecule has 6 heteroatoms. The van der Waals surface area contributed by atoms with E-state index in [9.17, 15) is 10.1 Å². The lowest BCUT2D eigenvalue weighted by molar-refractivity contribution is -0.385. The van der Waals surface area contributed by atoms with Gasteiger partial charge in [-0.05, 0) is 25.0 Å². The zero-order valence-corrected chi connectivity index (χ0v) is 14.4. The van der Waals surface area contributed by atoms with Gasteiger partial charge in [0.15, 0.2) is 5.75 Å². The predicted molar refractivity (Wildman–Crippen MR) is 89.7 cm³/mol. The molecule has 1 rings (SSSR count). The fourth-order valence-corrected chi connectivity index (χ4v) is 2.58. The minimum Gasteiger partial charge on any atom is -0.487 e. The van der Waals surface area contributed by atoms with Gasteiger partial charge in [-0.3, -0.25) is 10.1 Å². The Labute approximate surface area is 139 Å². The van der Waals surface area contributed by atoms with Gasteiger partial charge >= 0.3 is 5.69 Å². The third-order valence-corrected chi connectivity index (χ3v) is 3.95. The van der Waals surface area contributed by atoms with Crippen molar-refractivity contribution in [2.75, 3.05) is 11.9 Å². The lowest BCUT2D eigenvalue weighted by atomic mass is 10.1. The molecule has 0 unspecified atom stereocenters. The minimum atomic E-state index is -0.467. The summed E-state index contributed by atoms with van der Waals surface area (Å²) in [4.78, 5) is 10.4. The van der Waals surface area contributed by atoms with E-state index in [1.807, 2.05) is 0 Å². The number of rotatable bonds is 11. The molecule has 0 amide bonds. The molecule has 1 aromatic carbocycles. The maximum atomic E-state index is 10.9. The first-order chi connectivity index (χ1) is 10.1. The number of unbranched alkanes of at least 4 members (excludes halogenated alkanes) is 6. The fourth-order valence-electron chi connectivity index (χ4n) is 2.02. The molecule has 0 aliphatic carbocycles. The molecular weight excluding hydrogens is 358 g/mol. The van der Waals surface area contributed by atoms with Gasteiger partial charge in [-0.25, -0.2) is 0 Å². The van der Waals surface area contributed by atoms with Crippen molar-refractivity contribution in [2.24, 2.45) is 0 Å². The van der Waals surface area contributed by atoms with Crippen LogP contribution in [0.15, 0.2) is 18.2 Å². The van der Waals surface area contributed by atoms with E-state index in [2.05, 4.69) is 15.9 Å². The van der Waals surface area contributed by atoms with E-state index in [-0.39, 0.29) is 5.69 Å². The summed E-state index contributed by atoms with van der Waals surface area (Å²) in [6.07, 6.45) is 8.23. The Kier molecular flexibility index (Phi) is 9.42. The molecule has 4 nitrogen and oxygen atoms in total. The summed E-state index contributed by atoms with van der Waals surface area (Å²) in [6, 6.07) is 4.48. The second-order valence-corrected chi connectivity index (χ2v) is 6.11. The molecule has 0 N–H and O–H groups in total. The number of nitro groups is 1. The molecule has 0 bridgehead atoms. The van der Waals surface area contributed by atoms with E-state index < -0.39 is 4.92 Å². The minimum absolute atomic E-state index is 0.0720. The Morgan fingerprint density at radius 1 is 1.10 bits per heavy atom. The van der Waals surface area contributed by atoms with Gasteiger partial charge in [0.05, 0.1) is 11.5 Å². The quantitative estimate of drug-likeness (QED) is 0.213. The summed E-state index contributed by atoms with van der Waals surface area (Å²) in [5.74, 6) is 0.293. The van der Waals surface area contributed by atoms with Crippen LogP contribution in [0.5, 0.6) is 5.75 Å². The Hall–Kier alpha value is -0.810. The van der Waals surface area contributed by atoms with Gasteiger partial charge in [-0.15, -0.1) is 0 Å². The van der Waals surface area contributed by atoms with Gasteiger partial charge in [-0.1, -0.05) is 59.6 Å². The van der Waals surface area contributed by atoms with Gasteiger partial charge in [0.25, 0.3) is 0 Å². The summed E-state index contributed by atoms with van der Waals surface area (Å²) >= 11 is 9.18. The van der Waals surface area contributed by atoms with Gasteiger partial charge < -0.3 is 4.74 Å². The first kappa shape index (κ1) is 18.2. The van der Waals surface area contributed by atoms with Crippen LogP contribution in [0.3, 0.4) is 0 Å². The van der Waals surface area contributed by atoms with E-state index in [4.69, 9.17) is 16.3 Å². The van der Waals surface area contributed by atoms with Crippen LogP contribution in [0.4, 0.5) is 5.69 Å².